The maximum atomic E-state index is 5.16. The fourth-order valence-corrected chi connectivity index (χ4v) is 5.62. The van der Waals surface area contributed by atoms with E-state index < -0.39 is 0 Å². The van der Waals surface area contributed by atoms with Crippen molar-refractivity contribution in [2.75, 3.05) is 20.7 Å². The van der Waals surface area contributed by atoms with Gasteiger partial charge in [-0.15, -0.1) is 35.3 Å². The van der Waals surface area contributed by atoms with Crippen molar-refractivity contribution in [3.63, 3.8) is 0 Å². The first-order valence-corrected chi connectivity index (χ1v) is 11.5. The Morgan fingerprint density at radius 3 is 2.90 bits per heavy atom. The van der Waals surface area contributed by atoms with E-state index in [0.29, 0.717) is 12.6 Å². The van der Waals surface area contributed by atoms with Crippen LogP contribution in [0.1, 0.15) is 55.1 Å². The van der Waals surface area contributed by atoms with Crippen molar-refractivity contribution in [2.24, 2.45) is 4.99 Å². The van der Waals surface area contributed by atoms with E-state index in [1.165, 1.54) is 37.0 Å². The van der Waals surface area contributed by atoms with Crippen LogP contribution in [0.15, 0.2) is 22.5 Å². The number of nitrogens with one attached hydrogen (secondary N) is 2. The van der Waals surface area contributed by atoms with Crippen LogP contribution in [-0.4, -0.2) is 47.5 Å². The first-order valence-electron chi connectivity index (χ1n) is 10.7. The maximum Gasteiger partial charge on any atom is 0.191 e. The van der Waals surface area contributed by atoms with E-state index in [9.17, 15) is 0 Å². The molecule has 2 aromatic heterocycles. The fourth-order valence-electron chi connectivity index (χ4n) is 4.63. The van der Waals surface area contributed by atoms with Crippen LogP contribution in [0.5, 0.6) is 0 Å². The maximum absolute atomic E-state index is 5.16. The molecule has 2 N–H and O–H groups in total. The van der Waals surface area contributed by atoms with Crippen molar-refractivity contribution in [1.29, 1.82) is 0 Å². The van der Waals surface area contributed by atoms with Crippen LogP contribution < -0.4 is 10.6 Å². The molecule has 1 unspecified atom stereocenters. The van der Waals surface area contributed by atoms with Gasteiger partial charge in [-0.2, -0.15) is 5.10 Å². The Kier molecular flexibility index (Phi) is 8.52. The lowest BCUT2D eigenvalue weighted by Gasteiger charge is -2.37. The van der Waals surface area contributed by atoms with E-state index in [4.69, 9.17) is 4.74 Å². The first-order chi connectivity index (χ1) is 14.2. The minimum atomic E-state index is 0. The van der Waals surface area contributed by atoms with Gasteiger partial charge in [0.2, 0.25) is 0 Å². The quantitative estimate of drug-likeness (QED) is 0.331. The average molecular weight is 545 g/mol. The Morgan fingerprint density at radius 1 is 1.37 bits per heavy atom. The zero-order valence-corrected chi connectivity index (χ0v) is 21.0. The topological polar surface area (TPSA) is 76.4 Å². The lowest BCUT2D eigenvalue weighted by atomic mass is 9.73. The Bertz CT molecular complexity index is 816. The summed E-state index contributed by atoms with van der Waals surface area (Å²) in [4.78, 5) is 10.6. The van der Waals surface area contributed by atoms with Crippen LogP contribution >= 0.6 is 35.3 Å². The number of halogens is 1. The van der Waals surface area contributed by atoms with Gasteiger partial charge in [-0.1, -0.05) is 25.3 Å². The van der Waals surface area contributed by atoms with Crippen LogP contribution in [0.2, 0.25) is 0 Å². The summed E-state index contributed by atoms with van der Waals surface area (Å²) in [5.74, 6) is 2.70. The Hall–Kier alpha value is -1.20. The molecule has 1 atom stereocenters. The molecule has 0 radical (unpaired) electrons. The number of aliphatic imine (C=N–C) groups is 1. The minimum Gasteiger partial charge on any atom is -0.377 e. The molecule has 1 aliphatic heterocycles. The predicted octanol–water partition coefficient (Wildman–Crippen LogP) is 3.49. The van der Waals surface area contributed by atoms with E-state index in [-0.39, 0.29) is 29.4 Å². The molecule has 2 aliphatic rings. The molecule has 2 aromatic rings. The fraction of sp³-hybridized carbons (Fsp3) is 0.667. The standard InChI is InChI=1S/C21H32N6OS.HI/c1-22-20(23-15-21(10-4-3-5-11-21)17-7-6-12-29-17)24-16-8-9-19-25-18(14-28-2)26-27(19)13-16;/h6-7,12,16H,3-5,8-11,13-15H2,1-2H3,(H2,22,23,24);1H. The predicted molar refractivity (Wildman–Crippen MR) is 132 cm³/mol. The van der Waals surface area contributed by atoms with Gasteiger partial charge in [0, 0.05) is 43.5 Å². The third kappa shape index (κ3) is 5.34. The monoisotopic (exact) mass is 544 g/mol. The zero-order chi connectivity index (χ0) is 20.1. The highest BCUT2D eigenvalue weighted by Gasteiger charge is 2.35. The van der Waals surface area contributed by atoms with Gasteiger partial charge in [-0.25, -0.2) is 9.67 Å². The Morgan fingerprint density at radius 2 is 2.20 bits per heavy atom. The van der Waals surface area contributed by atoms with Gasteiger partial charge in [0.15, 0.2) is 11.8 Å². The molecule has 9 heteroatoms. The molecular formula is C21H33IN6OS. The molecule has 0 amide bonds. The van der Waals surface area contributed by atoms with Crippen LogP contribution in [-0.2, 0) is 29.7 Å². The molecule has 3 heterocycles. The van der Waals surface area contributed by atoms with Gasteiger partial charge in [0.25, 0.3) is 0 Å². The van der Waals surface area contributed by atoms with Crippen molar-refractivity contribution < 1.29 is 4.74 Å². The third-order valence-corrected chi connectivity index (χ3v) is 7.30. The molecule has 0 bridgehead atoms. The second kappa shape index (κ2) is 10.9. The SMILES string of the molecule is CN=C(NCC1(c2cccs2)CCCCC1)NC1CCc2nc(COC)nn2C1.I. The number of nitrogens with zero attached hydrogens (tertiary/aromatic N) is 4. The molecule has 7 nitrogen and oxygen atoms in total. The molecule has 1 fully saturated rings. The summed E-state index contributed by atoms with van der Waals surface area (Å²) in [5.41, 5.74) is 0.241. The minimum absolute atomic E-state index is 0. The van der Waals surface area contributed by atoms with Crippen LogP contribution in [0.4, 0.5) is 0 Å². The molecule has 0 spiro atoms. The number of aryl methyl sites for hydroxylation is 1. The van der Waals surface area contributed by atoms with E-state index >= 15 is 0 Å². The van der Waals surface area contributed by atoms with Crippen LogP contribution in [0, 0.1) is 0 Å². The number of hydrogen-bond donors (Lipinski definition) is 2. The van der Waals surface area contributed by atoms with E-state index in [1.54, 1.807) is 7.11 Å². The summed E-state index contributed by atoms with van der Waals surface area (Å²) < 4.78 is 7.17. The summed E-state index contributed by atoms with van der Waals surface area (Å²) >= 11 is 1.89. The van der Waals surface area contributed by atoms with E-state index in [2.05, 4.69) is 43.2 Å². The highest BCUT2D eigenvalue weighted by atomic mass is 127. The van der Waals surface area contributed by atoms with Gasteiger partial charge < -0.3 is 15.4 Å². The molecule has 1 saturated carbocycles. The molecule has 0 aromatic carbocycles. The number of hydrogen-bond acceptors (Lipinski definition) is 5. The molecule has 166 valence electrons. The van der Waals surface area contributed by atoms with Gasteiger partial charge in [0.05, 0.1) is 6.54 Å². The highest BCUT2D eigenvalue weighted by molar-refractivity contribution is 14.0. The van der Waals surface area contributed by atoms with Gasteiger partial charge >= 0.3 is 0 Å². The molecule has 0 saturated heterocycles. The average Bonchev–Trinajstić information content (AvgIpc) is 3.42. The zero-order valence-electron chi connectivity index (χ0n) is 17.9. The van der Waals surface area contributed by atoms with Gasteiger partial charge in [-0.05, 0) is 30.7 Å². The summed E-state index contributed by atoms with van der Waals surface area (Å²) in [7, 11) is 3.53. The normalized spacial score (nSPS) is 20.9. The number of fused-ring (bicyclic) bond motifs is 1. The molecule has 1 aliphatic carbocycles. The van der Waals surface area contributed by atoms with Crippen LogP contribution in [0.3, 0.4) is 0 Å². The summed E-state index contributed by atoms with van der Waals surface area (Å²) in [6, 6.07) is 4.78. The largest absolute Gasteiger partial charge is 0.377 e. The Labute approximate surface area is 200 Å². The number of ether oxygens (including phenoxy) is 1. The van der Waals surface area contributed by atoms with Crippen LogP contribution in [0.25, 0.3) is 0 Å². The van der Waals surface area contributed by atoms with Gasteiger partial charge in [0.1, 0.15) is 12.4 Å². The lowest BCUT2D eigenvalue weighted by Crippen LogP contribution is -2.50. The number of guanidine groups is 1. The number of thiophene rings is 1. The number of aromatic nitrogens is 3. The van der Waals surface area contributed by atoms with Crippen molar-refractivity contribution in [3.05, 3.63) is 34.0 Å². The number of rotatable bonds is 6. The van der Waals surface area contributed by atoms with E-state index in [1.807, 2.05) is 23.1 Å². The summed E-state index contributed by atoms with van der Waals surface area (Å²) in [6.45, 7) is 2.21. The summed E-state index contributed by atoms with van der Waals surface area (Å²) in [5, 5.41) is 14.0. The number of methoxy groups -OCH3 is 1. The smallest absolute Gasteiger partial charge is 0.191 e. The van der Waals surface area contributed by atoms with E-state index in [0.717, 1.165) is 43.5 Å². The van der Waals surface area contributed by atoms with Crippen molar-refractivity contribution >= 4 is 41.3 Å². The summed E-state index contributed by atoms with van der Waals surface area (Å²) in [6.07, 6.45) is 8.44. The molecule has 30 heavy (non-hydrogen) atoms. The molecule has 4 rings (SSSR count). The second-order valence-corrected chi connectivity index (χ2v) is 9.13. The highest BCUT2D eigenvalue weighted by Crippen LogP contribution is 2.41. The first kappa shape index (κ1) is 23.5. The third-order valence-electron chi connectivity index (χ3n) is 6.19. The lowest BCUT2D eigenvalue weighted by molar-refractivity contribution is 0.177. The van der Waals surface area contributed by atoms with Crippen molar-refractivity contribution in [2.45, 2.75) is 69.6 Å². The molecular weight excluding hydrogens is 511 g/mol. The second-order valence-electron chi connectivity index (χ2n) is 8.18. The van der Waals surface area contributed by atoms with Crippen molar-refractivity contribution in [3.8, 4) is 0 Å². The Balaban J connectivity index is 0.00000256. The van der Waals surface area contributed by atoms with Crippen molar-refractivity contribution in [1.82, 2.24) is 25.4 Å². The van der Waals surface area contributed by atoms with Gasteiger partial charge in [-0.3, -0.25) is 4.99 Å².